The zero-order chi connectivity index (χ0) is 7.54. The standard InChI is InChI=1S/C4H9NO.CH2Cl2/c1-2-3-5-4-6;2-1-3/h4H,2-3H2,1H3,(H,5,6);1H2. The lowest BCUT2D eigenvalue weighted by Gasteiger charge is -1.86. The van der Waals surface area contributed by atoms with Gasteiger partial charge in [-0.1, -0.05) is 6.92 Å². The second-order valence-corrected chi connectivity index (χ2v) is 1.98. The topological polar surface area (TPSA) is 29.1 Å². The monoisotopic (exact) mass is 171 g/mol. The van der Waals surface area contributed by atoms with Gasteiger partial charge in [0.2, 0.25) is 6.41 Å². The largest absolute Gasteiger partial charge is 0.359 e. The number of rotatable bonds is 3. The van der Waals surface area contributed by atoms with E-state index in [0.717, 1.165) is 13.0 Å². The van der Waals surface area contributed by atoms with Gasteiger partial charge in [0, 0.05) is 6.54 Å². The minimum absolute atomic E-state index is 0.194. The van der Waals surface area contributed by atoms with Crippen LogP contribution in [0.1, 0.15) is 13.3 Å². The van der Waals surface area contributed by atoms with Crippen molar-refractivity contribution in [1.82, 2.24) is 5.32 Å². The molecule has 0 rings (SSSR count). The number of halogens is 2. The first kappa shape index (κ1) is 11.8. The van der Waals surface area contributed by atoms with E-state index in [1.807, 2.05) is 6.92 Å². The zero-order valence-electron chi connectivity index (χ0n) is 5.36. The number of alkyl halides is 2. The molecule has 0 aliphatic carbocycles. The Labute approximate surface area is 65.5 Å². The third-order valence-electron chi connectivity index (χ3n) is 0.478. The van der Waals surface area contributed by atoms with E-state index < -0.39 is 0 Å². The van der Waals surface area contributed by atoms with E-state index in [4.69, 9.17) is 23.2 Å². The second kappa shape index (κ2) is 15.7. The molecule has 0 heterocycles. The molecular formula is C5H11Cl2NO. The lowest BCUT2D eigenvalue weighted by Crippen LogP contribution is -2.10. The third-order valence-corrected chi connectivity index (χ3v) is 0.478. The van der Waals surface area contributed by atoms with Gasteiger partial charge in [-0.2, -0.15) is 0 Å². The molecule has 0 aromatic carbocycles. The van der Waals surface area contributed by atoms with Gasteiger partial charge in [0.15, 0.2) is 0 Å². The molecule has 0 spiro atoms. The van der Waals surface area contributed by atoms with Gasteiger partial charge in [0.25, 0.3) is 0 Å². The van der Waals surface area contributed by atoms with Crippen molar-refractivity contribution in [3.63, 3.8) is 0 Å². The fourth-order valence-corrected chi connectivity index (χ4v) is 0.203. The van der Waals surface area contributed by atoms with Crippen LogP contribution < -0.4 is 5.32 Å². The molecule has 0 fully saturated rings. The van der Waals surface area contributed by atoms with E-state index in [9.17, 15) is 4.79 Å². The molecule has 1 N–H and O–H groups in total. The van der Waals surface area contributed by atoms with Crippen molar-refractivity contribution in [3.8, 4) is 0 Å². The predicted octanol–water partition coefficient (Wildman–Crippen LogP) is 1.56. The molecule has 0 radical (unpaired) electrons. The lowest BCUT2D eigenvalue weighted by atomic mass is 10.5. The highest BCUT2D eigenvalue weighted by molar-refractivity contribution is 6.40. The van der Waals surface area contributed by atoms with Crippen LogP contribution in [0.2, 0.25) is 0 Å². The Morgan fingerprint density at radius 2 is 2.00 bits per heavy atom. The Bertz CT molecular complexity index is 52.2. The molecule has 0 atom stereocenters. The van der Waals surface area contributed by atoms with Crippen molar-refractivity contribution in [2.45, 2.75) is 13.3 Å². The molecule has 0 aliphatic rings. The van der Waals surface area contributed by atoms with E-state index in [0.29, 0.717) is 6.41 Å². The summed E-state index contributed by atoms with van der Waals surface area (Å²) in [7, 11) is 0. The van der Waals surface area contributed by atoms with E-state index in [2.05, 4.69) is 5.32 Å². The fraction of sp³-hybridized carbons (Fsp3) is 0.800. The first-order chi connectivity index (χ1) is 4.33. The minimum atomic E-state index is 0.194. The third kappa shape index (κ3) is 31.7. The smallest absolute Gasteiger partial charge is 0.207 e. The molecule has 0 bridgehead atoms. The second-order valence-electron chi connectivity index (χ2n) is 1.17. The first-order valence-electron chi connectivity index (χ1n) is 2.62. The van der Waals surface area contributed by atoms with Crippen LogP contribution in [-0.2, 0) is 4.79 Å². The maximum absolute atomic E-state index is 9.45. The maximum atomic E-state index is 9.45. The van der Waals surface area contributed by atoms with Crippen molar-refractivity contribution >= 4 is 29.6 Å². The van der Waals surface area contributed by atoms with Crippen LogP contribution in [0, 0.1) is 0 Å². The SMILES string of the molecule is CCCNC=O.ClCCl. The molecular weight excluding hydrogens is 161 g/mol. The molecule has 56 valence electrons. The van der Waals surface area contributed by atoms with Crippen LogP contribution in [0.4, 0.5) is 0 Å². The number of carbonyl (C=O) groups excluding carboxylic acids is 1. The van der Waals surface area contributed by atoms with Gasteiger partial charge in [-0.3, -0.25) is 4.79 Å². The average molecular weight is 172 g/mol. The van der Waals surface area contributed by atoms with Crippen molar-refractivity contribution in [1.29, 1.82) is 0 Å². The van der Waals surface area contributed by atoms with Gasteiger partial charge >= 0.3 is 0 Å². The summed E-state index contributed by atoms with van der Waals surface area (Å²) in [6.07, 6.45) is 1.72. The summed E-state index contributed by atoms with van der Waals surface area (Å²) in [5.74, 6) is 0. The number of nitrogens with one attached hydrogen (secondary N) is 1. The number of hydrogen-bond acceptors (Lipinski definition) is 1. The highest BCUT2D eigenvalue weighted by Gasteiger charge is 1.69. The first-order valence-corrected chi connectivity index (χ1v) is 3.69. The molecule has 0 aromatic heterocycles. The summed E-state index contributed by atoms with van der Waals surface area (Å²) < 4.78 is 0. The maximum Gasteiger partial charge on any atom is 0.207 e. The van der Waals surface area contributed by atoms with Crippen LogP contribution in [0.3, 0.4) is 0 Å². The minimum Gasteiger partial charge on any atom is -0.359 e. The molecule has 0 aliphatic heterocycles. The molecule has 0 saturated carbocycles. The predicted molar refractivity (Wildman–Crippen MR) is 40.9 cm³/mol. The van der Waals surface area contributed by atoms with E-state index >= 15 is 0 Å². The summed E-state index contributed by atoms with van der Waals surface area (Å²) >= 11 is 9.53. The zero-order valence-corrected chi connectivity index (χ0v) is 6.87. The van der Waals surface area contributed by atoms with E-state index in [1.54, 1.807) is 0 Å². The molecule has 9 heavy (non-hydrogen) atoms. The highest BCUT2D eigenvalue weighted by atomic mass is 35.5. The van der Waals surface area contributed by atoms with Gasteiger partial charge in [-0.15, -0.1) is 23.2 Å². The average Bonchev–Trinajstić information content (AvgIpc) is 1.86. The number of amides is 1. The lowest BCUT2D eigenvalue weighted by molar-refractivity contribution is -0.109. The van der Waals surface area contributed by atoms with E-state index in [1.165, 1.54) is 0 Å². The Hall–Kier alpha value is 0.0500. The van der Waals surface area contributed by atoms with Crippen LogP contribution in [0.5, 0.6) is 0 Å². The van der Waals surface area contributed by atoms with Crippen molar-refractivity contribution in [2.24, 2.45) is 0 Å². The normalized spacial score (nSPS) is 7.00. The van der Waals surface area contributed by atoms with Crippen molar-refractivity contribution in [2.75, 3.05) is 11.9 Å². The van der Waals surface area contributed by atoms with E-state index in [-0.39, 0.29) is 5.34 Å². The molecule has 0 saturated heterocycles. The summed E-state index contributed by atoms with van der Waals surface area (Å²) in [6.45, 7) is 2.81. The summed E-state index contributed by atoms with van der Waals surface area (Å²) in [5.41, 5.74) is 0. The Balaban J connectivity index is 0. The number of carbonyl (C=O) groups is 1. The molecule has 1 amide bonds. The van der Waals surface area contributed by atoms with Gasteiger partial charge in [0.1, 0.15) is 0 Å². The Morgan fingerprint density at radius 3 is 2.11 bits per heavy atom. The quantitative estimate of drug-likeness (QED) is 0.390. The van der Waals surface area contributed by atoms with Gasteiger partial charge in [-0.05, 0) is 6.42 Å². The molecule has 0 aromatic rings. The van der Waals surface area contributed by atoms with Gasteiger partial charge in [-0.25, -0.2) is 0 Å². The summed E-state index contributed by atoms with van der Waals surface area (Å²) in [5, 5.41) is 2.71. The van der Waals surface area contributed by atoms with Crippen molar-refractivity contribution < 1.29 is 4.79 Å². The molecule has 4 heteroatoms. The molecule has 0 unspecified atom stereocenters. The van der Waals surface area contributed by atoms with Crippen LogP contribution in [0.15, 0.2) is 0 Å². The van der Waals surface area contributed by atoms with Crippen LogP contribution in [-0.4, -0.2) is 18.3 Å². The Kier molecular flexibility index (Phi) is 20.6. The molecule has 2 nitrogen and oxygen atoms in total. The highest BCUT2D eigenvalue weighted by Crippen LogP contribution is 1.73. The van der Waals surface area contributed by atoms with Crippen LogP contribution >= 0.6 is 23.2 Å². The van der Waals surface area contributed by atoms with Gasteiger partial charge < -0.3 is 5.32 Å². The fourth-order valence-electron chi connectivity index (χ4n) is 0.203. The Morgan fingerprint density at radius 1 is 1.56 bits per heavy atom. The number of hydrogen-bond donors (Lipinski definition) is 1. The summed E-state index contributed by atoms with van der Waals surface area (Å²) in [4.78, 5) is 9.45. The van der Waals surface area contributed by atoms with Crippen molar-refractivity contribution in [3.05, 3.63) is 0 Å². The summed E-state index contributed by atoms with van der Waals surface area (Å²) in [6, 6.07) is 0. The van der Waals surface area contributed by atoms with Crippen LogP contribution in [0.25, 0.3) is 0 Å². The van der Waals surface area contributed by atoms with Gasteiger partial charge in [0.05, 0.1) is 5.34 Å².